The van der Waals surface area contributed by atoms with Crippen molar-refractivity contribution in [3.63, 3.8) is 0 Å². The fraction of sp³-hybridized carbons (Fsp3) is 0.0526. The highest BCUT2D eigenvalue weighted by Crippen LogP contribution is 2.32. The molecule has 0 fully saturated rings. The van der Waals surface area contributed by atoms with Crippen LogP contribution in [0.5, 0.6) is 0 Å². The maximum absolute atomic E-state index is 12.7. The summed E-state index contributed by atoms with van der Waals surface area (Å²) in [4.78, 5) is 18.9. The first-order valence-electron chi connectivity index (χ1n) is 8.07. The standard InChI is InChI=1S/C19H12F3N3O3/c20-19(21,22)12-4-1-10(2-5-12)15-7-8-16(28-15)17-23-13-6-3-11(18(26)25-27)9-14(13)24-17/h1-9,27H,(H,23,24)(H,25,26). The summed E-state index contributed by atoms with van der Waals surface area (Å²) in [6.07, 6.45) is -4.40. The van der Waals surface area contributed by atoms with Crippen LogP contribution in [-0.2, 0) is 6.18 Å². The first-order valence-corrected chi connectivity index (χ1v) is 8.07. The topological polar surface area (TPSA) is 91.2 Å². The maximum atomic E-state index is 12.7. The summed E-state index contributed by atoms with van der Waals surface area (Å²) < 4.78 is 43.7. The van der Waals surface area contributed by atoms with Crippen LogP contribution in [0.15, 0.2) is 59.0 Å². The molecule has 0 bridgehead atoms. The van der Waals surface area contributed by atoms with Crippen molar-refractivity contribution in [3.05, 3.63) is 65.7 Å². The van der Waals surface area contributed by atoms with Crippen molar-refractivity contribution in [1.82, 2.24) is 15.4 Å². The van der Waals surface area contributed by atoms with Gasteiger partial charge in [0, 0.05) is 11.1 Å². The molecule has 1 amide bonds. The number of H-pyrrole nitrogens is 1. The number of nitrogens with zero attached hydrogens (tertiary/aromatic N) is 1. The number of carbonyl (C=O) groups is 1. The van der Waals surface area contributed by atoms with Gasteiger partial charge < -0.3 is 9.40 Å². The van der Waals surface area contributed by atoms with E-state index < -0.39 is 17.6 Å². The molecule has 4 rings (SSSR count). The molecule has 2 aromatic carbocycles. The molecule has 9 heteroatoms. The number of furan rings is 1. The molecule has 0 aliphatic rings. The molecule has 28 heavy (non-hydrogen) atoms. The summed E-state index contributed by atoms with van der Waals surface area (Å²) in [7, 11) is 0. The quantitative estimate of drug-likeness (QED) is 0.353. The Balaban J connectivity index is 1.64. The second-order valence-electron chi connectivity index (χ2n) is 6.00. The average molecular weight is 387 g/mol. The smallest absolute Gasteiger partial charge is 0.416 e. The second-order valence-corrected chi connectivity index (χ2v) is 6.00. The van der Waals surface area contributed by atoms with Crippen molar-refractivity contribution in [3.8, 4) is 22.9 Å². The third kappa shape index (κ3) is 3.23. The number of rotatable bonds is 3. The lowest BCUT2D eigenvalue weighted by Crippen LogP contribution is -2.18. The van der Waals surface area contributed by atoms with Crippen molar-refractivity contribution < 1.29 is 27.6 Å². The van der Waals surface area contributed by atoms with E-state index in [9.17, 15) is 18.0 Å². The third-order valence-electron chi connectivity index (χ3n) is 4.18. The number of fused-ring (bicyclic) bond motifs is 1. The van der Waals surface area contributed by atoms with E-state index in [1.54, 1.807) is 23.7 Å². The number of halogens is 3. The summed E-state index contributed by atoms with van der Waals surface area (Å²) in [6, 6.07) is 12.6. The molecule has 2 heterocycles. The summed E-state index contributed by atoms with van der Waals surface area (Å²) >= 11 is 0. The van der Waals surface area contributed by atoms with Gasteiger partial charge in [0.15, 0.2) is 11.6 Å². The molecule has 0 radical (unpaired) electrons. The van der Waals surface area contributed by atoms with Crippen LogP contribution in [0.2, 0.25) is 0 Å². The van der Waals surface area contributed by atoms with E-state index in [1.807, 2.05) is 0 Å². The molecule has 6 nitrogen and oxygen atoms in total. The molecular weight excluding hydrogens is 375 g/mol. The highest BCUT2D eigenvalue weighted by Gasteiger charge is 2.30. The van der Waals surface area contributed by atoms with Gasteiger partial charge in [0.25, 0.3) is 5.91 Å². The van der Waals surface area contributed by atoms with Gasteiger partial charge in [0.1, 0.15) is 5.76 Å². The van der Waals surface area contributed by atoms with E-state index in [-0.39, 0.29) is 5.56 Å². The van der Waals surface area contributed by atoms with Crippen LogP contribution in [0, 0.1) is 0 Å². The Kier molecular flexibility index (Phi) is 4.16. The maximum Gasteiger partial charge on any atom is 0.416 e. The number of hydrogen-bond acceptors (Lipinski definition) is 4. The summed E-state index contributed by atoms with van der Waals surface area (Å²) in [5, 5.41) is 8.71. The van der Waals surface area contributed by atoms with Gasteiger partial charge in [-0.25, -0.2) is 10.5 Å². The molecule has 0 unspecified atom stereocenters. The van der Waals surface area contributed by atoms with Gasteiger partial charge in [-0.1, -0.05) is 12.1 Å². The predicted octanol–water partition coefficient (Wildman–Crippen LogP) is 4.63. The Bertz CT molecular complexity index is 1160. The Morgan fingerprint density at radius 3 is 2.43 bits per heavy atom. The van der Waals surface area contributed by atoms with Crippen molar-refractivity contribution in [1.29, 1.82) is 0 Å². The normalized spacial score (nSPS) is 11.7. The lowest BCUT2D eigenvalue weighted by molar-refractivity contribution is -0.137. The van der Waals surface area contributed by atoms with Crippen molar-refractivity contribution in [2.45, 2.75) is 6.18 Å². The minimum absolute atomic E-state index is 0.245. The van der Waals surface area contributed by atoms with E-state index in [2.05, 4.69) is 9.97 Å². The number of aromatic nitrogens is 2. The van der Waals surface area contributed by atoms with Crippen LogP contribution in [0.4, 0.5) is 13.2 Å². The van der Waals surface area contributed by atoms with E-state index >= 15 is 0 Å². The molecule has 142 valence electrons. The Morgan fingerprint density at radius 2 is 1.75 bits per heavy atom. The number of hydroxylamine groups is 1. The molecule has 0 aliphatic heterocycles. The zero-order valence-corrected chi connectivity index (χ0v) is 14.0. The molecule has 3 N–H and O–H groups in total. The molecule has 0 atom stereocenters. The monoisotopic (exact) mass is 387 g/mol. The van der Waals surface area contributed by atoms with Crippen LogP contribution in [0.1, 0.15) is 15.9 Å². The third-order valence-corrected chi connectivity index (χ3v) is 4.18. The fourth-order valence-electron chi connectivity index (χ4n) is 2.78. The number of imidazole rings is 1. The van der Waals surface area contributed by atoms with Gasteiger partial charge in [-0.05, 0) is 42.5 Å². The number of nitrogens with one attached hydrogen (secondary N) is 2. The minimum atomic E-state index is -4.40. The molecule has 0 saturated carbocycles. The second kappa shape index (κ2) is 6.54. The van der Waals surface area contributed by atoms with Crippen LogP contribution in [0.25, 0.3) is 33.9 Å². The van der Waals surface area contributed by atoms with Gasteiger partial charge in [0.05, 0.1) is 16.6 Å². The lowest BCUT2D eigenvalue weighted by atomic mass is 10.1. The zero-order valence-electron chi connectivity index (χ0n) is 14.0. The molecule has 4 aromatic rings. The van der Waals surface area contributed by atoms with Gasteiger partial charge in [-0.3, -0.25) is 10.0 Å². The van der Waals surface area contributed by atoms with Crippen molar-refractivity contribution in [2.75, 3.05) is 0 Å². The van der Waals surface area contributed by atoms with E-state index in [4.69, 9.17) is 9.62 Å². The Morgan fingerprint density at radius 1 is 1.04 bits per heavy atom. The SMILES string of the molecule is O=C(NO)c1ccc2nc(-c3ccc(-c4ccc(C(F)(F)F)cc4)o3)[nH]c2c1. The molecule has 0 saturated heterocycles. The largest absolute Gasteiger partial charge is 0.453 e. The van der Waals surface area contributed by atoms with Crippen LogP contribution in [0.3, 0.4) is 0 Å². The molecule has 0 aliphatic carbocycles. The Hall–Kier alpha value is -3.59. The summed E-state index contributed by atoms with van der Waals surface area (Å²) in [5.41, 5.74) is 2.71. The Labute approximate surface area is 155 Å². The lowest BCUT2D eigenvalue weighted by Gasteiger charge is -2.06. The van der Waals surface area contributed by atoms with Crippen molar-refractivity contribution >= 4 is 16.9 Å². The van der Waals surface area contributed by atoms with E-state index in [0.29, 0.717) is 33.9 Å². The average Bonchev–Trinajstić information content (AvgIpc) is 3.33. The number of amides is 1. The number of aromatic amines is 1. The van der Waals surface area contributed by atoms with Gasteiger partial charge >= 0.3 is 6.18 Å². The summed E-state index contributed by atoms with van der Waals surface area (Å²) in [6.45, 7) is 0. The minimum Gasteiger partial charge on any atom is -0.453 e. The fourth-order valence-corrected chi connectivity index (χ4v) is 2.78. The number of alkyl halides is 3. The van der Waals surface area contributed by atoms with Gasteiger partial charge in [0.2, 0.25) is 0 Å². The number of benzene rings is 2. The number of carbonyl (C=O) groups excluding carboxylic acids is 1. The van der Waals surface area contributed by atoms with Crippen LogP contribution >= 0.6 is 0 Å². The molecular formula is C19H12F3N3O3. The van der Waals surface area contributed by atoms with E-state index in [0.717, 1.165) is 12.1 Å². The predicted molar refractivity (Wildman–Crippen MR) is 93.5 cm³/mol. The highest BCUT2D eigenvalue weighted by atomic mass is 19.4. The van der Waals surface area contributed by atoms with Crippen molar-refractivity contribution in [2.24, 2.45) is 0 Å². The number of hydrogen-bond donors (Lipinski definition) is 3. The van der Waals surface area contributed by atoms with E-state index in [1.165, 1.54) is 24.3 Å². The van der Waals surface area contributed by atoms with Gasteiger partial charge in [-0.15, -0.1) is 0 Å². The molecule has 0 spiro atoms. The summed E-state index contributed by atoms with van der Waals surface area (Å²) in [5.74, 6) is 0.527. The van der Waals surface area contributed by atoms with Gasteiger partial charge in [-0.2, -0.15) is 13.2 Å². The highest BCUT2D eigenvalue weighted by molar-refractivity contribution is 5.97. The van der Waals surface area contributed by atoms with Crippen LogP contribution < -0.4 is 5.48 Å². The molecule has 2 aromatic heterocycles. The van der Waals surface area contributed by atoms with Crippen LogP contribution in [-0.4, -0.2) is 21.1 Å². The zero-order chi connectivity index (χ0) is 19.9. The first-order chi connectivity index (χ1) is 13.3. The first kappa shape index (κ1) is 17.8.